The number of benzene rings is 1. The van der Waals surface area contributed by atoms with Gasteiger partial charge in [-0.3, -0.25) is 0 Å². The van der Waals surface area contributed by atoms with Crippen molar-refractivity contribution in [1.82, 2.24) is 0 Å². The predicted octanol–water partition coefficient (Wildman–Crippen LogP) is 6.17. The van der Waals surface area contributed by atoms with Gasteiger partial charge in [0.15, 0.2) is 0 Å². The first-order chi connectivity index (χ1) is 10.5. The van der Waals surface area contributed by atoms with E-state index in [1.807, 2.05) is 5.57 Å². The SMILES string of the molecule is CC1(C)[C@@H]2C=C(C3(CCc4ccccc4)CCC3)[C@@]1(C)CC2. The maximum Gasteiger partial charge on any atom is -0.00538 e. The molecular weight excluding hydrogens is 264 g/mol. The van der Waals surface area contributed by atoms with E-state index in [1.54, 1.807) is 0 Å². The van der Waals surface area contributed by atoms with E-state index in [4.69, 9.17) is 0 Å². The highest BCUT2D eigenvalue weighted by molar-refractivity contribution is 5.38. The van der Waals surface area contributed by atoms with Crippen LogP contribution in [0.4, 0.5) is 0 Å². The fraction of sp³-hybridized carbons (Fsp3) is 0.636. The molecule has 0 saturated heterocycles. The molecule has 0 aromatic heterocycles. The Labute approximate surface area is 136 Å². The van der Waals surface area contributed by atoms with E-state index in [2.05, 4.69) is 57.2 Å². The molecule has 1 aromatic rings. The monoisotopic (exact) mass is 294 g/mol. The van der Waals surface area contributed by atoms with E-state index >= 15 is 0 Å². The van der Waals surface area contributed by atoms with Crippen LogP contribution in [0.3, 0.4) is 0 Å². The van der Waals surface area contributed by atoms with Crippen LogP contribution in [0.15, 0.2) is 42.0 Å². The Morgan fingerprint density at radius 2 is 1.73 bits per heavy atom. The minimum atomic E-state index is 0.467. The van der Waals surface area contributed by atoms with Gasteiger partial charge in [0, 0.05) is 0 Å². The topological polar surface area (TPSA) is 0 Å². The molecule has 118 valence electrons. The number of allylic oxidation sites excluding steroid dienone is 2. The molecule has 4 rings (SSSR count). The Hall–Kier alpha value is -1.04. The second-order valence-electron chi connectivity index (χ2n) is 8.90. The molecule has 0 spiro atoms. The summed E-state index contributed by atoms with van der Waals surface area (Å²) in [5, 5.41) is 0. The molecule has 0 N–H and O–H groups in total. The van der Waals surface area contributed by atoms with Gasteiger partial charge in [0.25, 0.3) is 0 Å². The Morgan fingerprint density at radius 1 is 1.00 bits per heavy atom. The first-order valence-electron chi connectivity index (χ1n) is 9.25. The molecule has 0 unspecified atom stereocenters. The van der Waals surface area contributed by atoms with Gasteiger partial charge >= 0.3 is 0 Å². The van der Waals surface area contributed by atoms with Gasteiger partial charge in [-0.1, -0.05) is 69.2 Å². The lowest BCUT2D eigenvalue weighted by atomic mass is 9.53. The Kier molecular flexibility index (Phi) is 3.13. The fourth-order valence-corrected chi connectivity index (χ4v) is 5.74. The van der Waals surface area contributed by atoms with Crippen molar-refractivity contribution < 1.29 is 0 Å². The third kappa shape index (κ3) is 1.82. The number of hydrogen-bond acceptors (Lipinski definition) is 0. The summed E-state index contributed by atoms with van der Waals surface area (Å²) in [6, 6.07) is 11.1. The lowest BCUT2D eigenvalue weighted by molar-refractivity contribution is 0.0888. The van der Waals surface area contributed by atoms with Gasteiger partial charge in [0.1, 0.15) is 0 Å². The zero-order valence-corrected chi connectivity index (χ0v) is 14.5. The van der Waals surface area contributed by atoms with Crippen molar-refractivity contribution in [3.8, 4) is 0 Å². The summed E-state index contributed by atoms with van der Waals surface area (Å²) < 4.78 is 0. The minimum Gasteiger partial charge on any atom is -0.0805 e. The molecule has 1 aromatic carbocycles. The molecule has 3 aliphatic rings. The molecule has 2 saturated carbocycles. The smallest absolute Gasteiger partial charge is 0.00538 e. The highest BCUT2D eigenvalue weighted by atomic mass is 14.7. The van der Waals surface area contributed by atoms with E-state index in [-0.39, 0.29) is 0 Å². The van der Waals surface area contributed by atoms with Crippen LogP contribution in [-0.4, -0.2) is 0 Å². The summed E-state index contributed by atoms with van der Waals surface area (Å²) in [5.74, 6) is 0.835. The van der Waals surface area contributed by atoms with Gasteiger partial charge in [0.2, 0.25) is 0 Å². The van der Waals surface area contributed by atoms with Gasteiger partial charge < -0.3 is 0 Å². The van der Waals surface area contributed by atoms with Crippen LogP contribution in [0, 0.1) is 22.2 Å². The second kappa shape index (κ2) is 4.73. The van der Waals surface area contributed by atoms with Gasteiger partial charge in [-0.15, -0.1) is 0 Å². The number of aryl methyl sites for hydroxylation is 1. The van der Waals surface area contributed by atoms with Crippen molar-refractivity contribution in [3.63, 3.8) is 0 Å². The Balaban J connectivity index is 1.59. The van der Waals surface area contributed by atoms with Crippen LogP contribution < -0.4 is 0 Å². The Bertz CT molecular complexity index is 588. The zero-order valence-electron chi connectivity index (χ0n) is 14.5. The van der Waals surface area contributed by atoms with Gasteiger partial charge in [0.05, 0.1) is 0 Å². The summed E-state index contributed by atoms with van der Waals surface area (Å²) in [7, 11) is 0. The molecule has 3 aliphatic carbocycles. The zero-order chi connectivity index (χ0) is 15.4. The van der Waals surface area contributed by atoms with Crippen LogP contribution >= 0.6 is 0 Å². The average molecular weight is 294 g/mol. The second-order valence-corrected chi connectivity index (χ2v) is 8.90. The lowest BCUT2D eigenvalue weighted by Gasteiger charge is -2.51. The highest BCUT2D eigenvalue weighted by Crippen LogP contribution is 2.71. The summed E-state index contributed by atoms with van der Waals surface area (Å²) in [6.45, 7) is 7.63. The highest BCUT2D eigenvalue weighted by Gasteiger charge is 2.61. The lowest BCUT2D eigenvalue weighted by Crippen LogP contribution is -2.41. The molecule has 0 amide bonds. The van der Waals surface area contributed by atoms with E-state index in [0.717, 1.165) is 5.92 Å². The van der Waals surface area contributed by atoms with Gasteiger partial charge in [-0.25, -0.2) is 0 Å². The normalized spacial score (nSPS) is 34.3. The summed E-state index contributed by atoms with van der Waals surface area (Å²) >= 11 is 0. The number of fused-ring (bicyclic) bond motifs is 2. The van der Waals surface area contributed by atoms with Crippen LogP contribution in [0.2, 0.25) is 0 Å². The van der Waals surface area contributed by atoms with Crippen molar-refractivity contribution >= 4 is 0 Å². The average Bonchev–Trinajstić information content (AvgIpc) is 2.81. The van der Waals surface area contributed by atoms with Crippen molar-refractivity contribution in [1.29, 1.82) is 0 Å². The minimum absolute atomic E-state index is 0.467. The molecule has 2 bridgehead atoms. The number of rotatable bonds is 4. The van der Waals surface area contributed by atoms with Gasteiger partial charge in [-0.05, 0) is 66.3 Å². The van der Waals surface area contributed by atoms with E-state index in [9.17, 15) is 0 Å². The molecule has 0 heterocycles. The molecule has 0 nitrogen and oxygen atoms in total. The van der Waals surface area contributed by atoms with Crippen molar-refractivity contribution in [2.75, 3.05) is 0 Å². The predicted molar refractivity (Wildman–Crippen MR) is 93.7 cm³/mol. The third-order valence-corrected chi connectivity index (χ3v) is 7.88. The molecule has 2 atom stereocenters. The van der Waals surface area contributed by atoms with Crippen LogP contribution in [-0.2, 0) is 6.42 Å². The molecule has 0 radical (unpaired) electrons. The quantitative estimate of drug-likeness (QED) is 0.582. The van der Waals surface area contributed by atoms with Crippen LogP contribution in [0.5, 0.6) is 0 Å². The molecule has 2 fully saturated rings. The molecule has 0 aliphatic heterocycles. The number of hydrogen-bond donors (Lipinski definition) is 0. The maximum absolute atomic E-state index is 2.73. The third-order valence-electron chi connectivity index (χ3n) is 7.88. The standard InChI is InChI=1S/C22H30/c1-20(2)18-11-14-21(20,3)19(16-18)22(12-7-13-22)15-10-17-8-5-4-6-9-17/h4-6,8-9,16,18H,7,10-15H2,1-3H3/t18-,21+/m0/s1. The van der Waals surface area contributed by atoms with Crippen molar-refractivity contribution in [3.05, 3.63) is 47.5 Å². The van der Waals surface area contributed by atoms with Crippen molar-refractivity contribution in [2.24, 2.45) is 22.2 Å². The largest absolute Gasteiger partial charge is 0.0805 e. The van der Waals surface area contributed by atoms with Crippen molar-refractivity contribution in [2.45, 2.75) is 65.7 Å². The first-order valence-corrected chi connectivity index (χ1v) is 9.25. The first kappa shape index (κ1) is 14.5. The van der Waals surface area contributed by atoms with Crippen LogP contribution in [0.25, 0.3) is 0 Å². The molecular formula is C22H30. The van der Waals surface area contributed by atoms with Crippen LogP contribution in [0.1, 0.15) is 64.9 Å². The molecule has 22 heavy (non-hydrogen) atoms. The summed E-state index contributed by atoms with van der Waals surface area (Å²) in [5.41, 5.74) is 4.87. The van der Waals surface area contributed by atoms with E-state index in [1.165, 1.54) is 50.5 Å². The summed E-state index contributed by atoms with van der Waals surface area (Å²) in [4.78, 5) is 0. The van der Waals surface area contributed by atoms with E-state index < -0.39 is 0 Å². The Morgan fingerprint density at radius 3 is 2.23 bits per heavy atom. The van der Waals surface area contributed by atoms with E-state index in [0.29, 0.717) is 16.2 Å². The molecule has 0 heteroatoms. The summed E-state index contributed by atoms with van der Waals surface area (Å²) in [6.07, 6.45) is 12.5. The fourth-order valence-electron chi connectivity index (χ4n) is 5.74. The maximum atomic E-state index is 2.73. The van der Waals surface area contributed by atoms with Gasteiger partial charge in [-0.2, -0.15) is 0 Å².